The molecule has 3 aliphatic rings. The fourth-order valence-corrected chi connectivity index (χ4v) is 5.68. The van der Waals surface area contributed by atoms with Crippen molar-refractivity contribution in [1.82, 2.24) is 14.9 Å². The van der Waals surface area contributed by atoms with Crippen LogP contribution in [0.3, 0.4) is 0 Å². The summed E-state index contributed by atoms with van der Waals surface area (Å²) >= 11 is 1.38. The lowest BCUT2D eigenvalue weighted by molar-refractivity contribution is -0.114. The molecular formula is C23H29N5O4S. The van der Waals surface area contributed by atoms with Gasteiger partial charge in [-0.25, -0.2) is 9.97 Å². The molecule has 0 bridgehead atoms. The summed E-state index contributed by atoms with van der Waals surface area (Å²) in [5.74, 6) is 1.08. The van der Waals surface area contributed by atoms with Gasteiger partial charge >= 0.3 is 0 Å². The number of fused-ring (bicyclic) bond motifs is 1. The number of carbonyl (C=O) groups excluding carboxylic acids is 2. The molecule has 2 N–H and O–H groups in total. The topological polar surface area (TPSA) is 108 Å². The van der Waals surface area contributed by atoms with Crippen LogP contribution < -0.4 is 10.2 Å². The summed E-state index contributed by atoms with van der Waals surface area (Å²) in [7, 11) is 0. The number of pyridine rings is 1. The zero-order valence-electron chi connectivity index (χ0n) is 19.1. The molecule has 10 heteroatoms. The number of aliphatic hydroxyl groups excluding tert-OH is 1. The van der Waals surface area contributed by atoms with E-state index in [0.717, 1.165) is 21.8 Å². The molecule has 2 aromatic heterocycles. The molecule has 5 rings (SSSR count). The fraction of sp³-hybridized carbons (Fsp3) is 0.565. The van der Waals surface area contributed by atoms with Crippen LogP contribution >= 0.6 is 11.3 Å². The van der Waals surface area contributed by atoms with Gasteiger partial charge in [-0.05, 0) is 44.2 Å². The van der Waals surface area contributed by atoms with Crippen molar-refractivity contribution in [1.29, 1.82) is 0 Å². The third-order valence-electron chi connectivity index (χ3n) is 6.65. The van der Waals surface area contributed by atoms with Crippen LogP contribution in [0.5, 0.6) is 0 Å². The molecule has 2 aromatic rings. The maximum absolute atomic E-state index is 13.5. The lowest BCUT2D eigenvalue weighted by Crippen LogP contribution is -2.45. The van der Waals surface area contributed by atoms with Crippen molar-refractivity contribution in [3.8, 4) is 10.6 Å². The Morgan fingerprint density at radius 2 is 2.18 bits per heavy atom. The first-order valence-electron chi connectivity index (χ1n) is 11.4. The molecule has 0 spiro atoms. The number of amides is 2. The van der Waals surface area contributed by atoms with Gasteiger partial charge in [0.2, 0.25) is 5.91 Å². The second-order valence-electron chi connectivity index (χ2n) is 9.11. The number of hydrogen-bond donors (Lipinski definition) is 2. The highest BCUT2D eigenvalue weighted by molar-refractivity contribution is 7.19. The molecule has 2 fully saturated rings. The van der Waals surface area contributed by atoms with Gasteiger partial charge in [0.05, 0.1) is 41.1 Å². The number of nitrogens with one attached hydrogen (secondary N) is 1. The van der Waals surface area contributed by atoms with Gasteiger partial charge in [-0.2, -0.15) is 0 Å². The predicted octanol–water partition coefficient (Wildman–Crippen LogP) is 2.42. The number of aryl methyl sites for hydroxylation is 1. The van der Waals surface area contributed by atoms with Gasteiger partial charge in [0, 0.05) is 32.6 Å². The summed E-state index contributed by atoms with van der Waals surface area (Å²) in [6.07, 6.45) is 2.03. The van der Waals surface area contributed by atoms with E-state index < -0.39 is 0 Å². The number of ether oxygens (including phenoxy) is 1. The number of rotatable bonds is 6. The van der Waals surface area contributed by atoms with E-state index in [0.29, 0.717) is 48.7 Å². The monoisotopic (exact) mass is 471 g/mol. The van der Waals surface area contributed by atoms with Crippen LogP contribution in [-0.4, -0.2) is 70.2 Å². The van der Waals surface area contributed by atoms with E-state index >= 15 is 0 Å². The van der Waals surface area contributed by atoms with E-state index in [9.17, 15) is 14.7 Å². The standard InChI is InChI=1S/C23H29N5O4S/c1-12-20(33-23(24-12)25-14(3)30)18-8-16-9-28(13(2)15-4-5-15)22(31)19(16)21(26-18)27-6-7-32-17(10-27)11-29/h8,13,15,17,29H,4-7,9-11H2,1-3H3,(H,24,25,30). The van der Waals surface area contributed by atoms with Gasteiger partial charge in [0.25, 0.3) is 5.91 Å². The number of carbonyl (C=O) groups is 2. The lowest BCUT2D eigenvalue weighted by Gasteiger charge is -2.34. The van der Waals surface area contributed by atoms with Gasteiger partial charge in [-0.1, -0.05) is 11.3 Å². The second-order valence-corrected chi connectivity index (χ2v) is 10.1. The highest BCUT2D eigenvalue weighted by Gasteiger charge is 2.41. The van der Waals surface area contributed by atoms with Crippen molar-refractivity contribution in [2.24, 2.45) is 5.92 Å². The third-order valence-corrected chi connectivity index (χ3v) is 7.74. The molecule has 33 heavy (non-hydrogen) atoms. The van der Waals surface area contributed by atoms with Crippen LogP contribution in [0.15, 0.2) is 6.07 Å². The fourth-order valence-electron chi connectivity index (χ4n) is 4.71. The van der Waals surface area contributed by atoms with Gasteiger partial charge in [-0.15, -0.1) is 0 Å². The van der Waals surface area contributed by atoms with Crippen LogP contribution in [0.4, 0.5) is 10.9 Å². The molecule has 1 aliphatic carbocycles. The summed E-state index contributed by atoms with van der Waals surface area (Å²) in [5, 5.41) is 12.9. The Bertz CT molecular complexity index is 1100. The summed E-state index contributed by atoms with van der Waals surface area (Å²) in [4.78, 5) is 39.4. The SMILES string of the molecule is CC(=O)Nc1nc(C)c(-c2cc3c(c(N4CCOC(CO)C4)n2)C(=O)N(C(C)C2CC2)C3)s1. The van der Waals surface area contributed by atoms with Crippen LogP contribution in [0.25, 0.3) is 10.6 Å². The van der Waals surface area contributed by atoms with E-state index in [1.807, 2.05) is 17.9 Å². The van der Waals surface area contributed by atoms with Crippen molar-refractivity contribution >= 4 is 34.1 Å². The zero-order chi connectivity index (χ0) is 23.3. The number of aliphatic hydroxyl groups is 1. The zero-order valence-corrected chi connectivity index (χ0v) is 19.9. The summed E-state index contributed by atoms with van der Waals surface area (Å²) in [5.41, 5.74) is 3.16. The largest absolute Gasteiger partial charge is 0.394 e. The highest BCUT2D eigenvalue weighted by Crippen LogP contribution is 2.42. The smallest absolute Gasteiger partial charge is 0.258 e. The van der Waals surface area contributed by atoms with Gasteiger partial charge in [0.1, 0.15) is 5.82 Å². The van der Waals surface area contributed by atoms with Crippen LogP contribution in [0.1, 0.15) is 48.3 Å². The van der Waals surface area contributed by atoms with E-state index in [-0.39, 0.29) is 30.6 Å². The first-order valence-corrected chi connectivity index (χ1v) is 12.2. The highest BCUT2D eigenvalue weighted by atomic mass is 32.1. The average molecular weight is 472 g/mol. The molecular weight excluding hydrogens is 442 g/mol. The first-order chi connectivity index (χ1) is 15.9. The minimum atomic E-state index is -0.311. The van der Waals surface area contributed by atoms with E-state index in [1.54, 1.807) is 0 Å². The number of thiazole rings is 1. The number of nitrogens with zero attached hydrogens (tertiary/aromatic N) is 4. The second kappa shape index (κ2) is 8.66. The number of aromatic nitrogens is 2. The Morgan fingerprint density at radius 3 is 2.88 bits per heavy atom. The maximum Gasteiger partial charge on any atom is 0.258 e. The van der Waals surface area contributed by atoms with Crippen LogP contribution in [0.2, 0.25) is 0 Å². The van der Waals surface area contributed by atoms with Crippen molar-refractivity contribution in [3.63, 3.8) is 0 Å². The summed E-state index contributed by atoms with van der Waals surface area (Å²) in [6, 6.07) is 2.20. The van der Waals surface area contributed by atoms with Gasteiger partial charge < -0.3 is 25.0 Å². The number of anilines is 2. The molecule has 176 valence electrons. The quantitative estimate of drug-likeness (QED) is 0.666. The summed E-state index contributed by atoms with van der Waals surface area (Å²) in [6.45, 7) is 7.53. The molecule has 0 aromatic carbocycles. The molecule has 2 unspecified atom stereocenters. The number of morpholine rings is 1. The van der Waals surface area contributed by atoms with E-state index in [2.05, 4.69) is 22.1 Å². The van der Waals surface area contributed by atoms with Gasteiger partial charge in [0.15, 0.2) is 5.13 Å². The molecule has 9 nitrogen and oxygen atoms in total. The molecule has 2 aliphatic heterocycles. The molecule has 4 heterocycles. The third kappa shape index (κ3) is 4.22. The van der Waals surface area contributed by atoms with Crippen molar-refractivity contribution in [3.05, 3.63) is 22.9 Å². The molecule has 0 radical (unpaired) electrons. The van der Waals surface area contributed by atoms with Crippen molar-refractivity contribution in [2.75, 3.05) is 36.5 Å². The summed E-state index contributed by atoms with van der Waals surface area (Å²) < 4.78 is 5.64. The van der Waals surface area contributed by atoms with Crippen molar-refractivity contribution < 1.29 is 19.4 Å². The normalized spacial score (nSPS) is 21.3. The molecule has 1 saturated heterocycles. The van der Waals surface area contributed by atoms with E-state index in [1.165, 1.54) is 31.1 Å². The molecule has 2 atom stereocenters. The number of hydrogen-bond acceptors (Lipinski definition) is 8. The Kier molecular flexibility index (Phi) is 5.84. The first kappa shape index (κ1) is 22.2. The molecule has 1 saturated carbocycles. The molecule has 2 amide bonds. The van der Waals surface area contributed by atoms with Crippen molar-refractivity contribution in [2.45, 2.75) is 52.3 Å². The van der Waals surface area contributed by atoms with Crippen LogP contribution in [-0.2, 0) is 16.1 Å². The Morgan fingerprint density at radius 1 is 1.39 bits per heavy atom. The Labute approximate surface area is 196 Å². The average Bonchev–Trinajstić information content (AvgIpc) is 3.51. The van der Waals surface area contributed by atoms with Crippen LogP contribution in [0, 0.1) is 12.8 Å². The maximum atomic E-state index is 13.5. The minimum Gasteiger partial charge on any atom is -0.394 e. The van der Waals surface area contributed by atoms with E-state index in [4.69, 9.17) is 9.72 Å². The Hall–Kier alpha value is -2.56. The minimum absolute atomic E-state index is 0.0328. The van der Waals surface area contributed by atoms with Gasteiger partial charge in [-0.3, -0.25) is 9.59 Å². The predicted molar refractivity (Wildman–Crippen MR) is 125 cm³/mol. The Balaban J connectivity index is 1.57. The lowest BCUT2D eigenvalue weighted by atomic mass is 10.1.